The summed E-state index contributed by atoms with van der Waals surface area (Å²) in [5.74, 6) is 1.67. The van der Waals surface area contributed by atoms with Crippen LogP contribution in [-0.2, 0) is 10.2 Å². The number of aryl methyl sites for hydroxylation is 1. The third-order valence-electron chi connectivity index (χ3n) is 7.16. The molecule has 176 valence electrons. The summed E-state index contributed by atoms with van der Waals surface area (Å²) in [6.07, 6.45) is 9.12. The van der Waals surface area contributed by atoms with E-state index in [9.17, 15) is 0 Å². The number of imidazole rings is 1. The molecule has 0 amide bonds. The highest BCUT2D eigenvalue weighted by atomic mass is 127. The van der Waals surface area contributed by atoms with Crippen LogP contribution in [-0.4, -0.2) is 59.8 Å². The molecule has 2 aromatic rings. The number of piperidine rings is 1. The van der Waals surface area contributed by atoms with Crippen LogP contribution in [0.2, 0.25) is 0 Å². The molecule has 7 heteroatoms. The van der Waals surface area contributed by atoms with Crippen LogP contribution in [0.15, 0.2) is 48.0 Å². The minimum Gasteiger partial charge on any atom is -0.381 e. The van der Waals surface area contributed by atoms with Gasteiger partial charge in [0.1, 0.15) is 0 Å². The first-order valence-corrected chi connectivity index (χ1v) is 11.8. The highest BCUT2D eigenvalue weighted by Crippen LogP contribution is 2.37. The lowest BCUT2D eigenvalue weighted by molar-refractivity contribution is 0.0527. The Balaban J connectivity index is 0.00000289. The topological polar surface area (TPSA) is 54.7 Å². The van der Waals surface area contributed by atoms with Gasteiger partial charge in [0, 0.05) is 50.7 Å². The van der Waals surface area contributed by atoms with E-state index in [4.69, 9.17) is 9.73 Å². The zero-order valence-corrected chi connectivity index (χ0v) is 22.0. The lowest BCUT2D eigenvalue weighted by Crippen LogP contribution is -2.49. The zero-order valence-electron chi connectivity index (χ0n) is 19.7. The van der Waals surface area contributed by atoms with Crippen LogP contribution >= 0.6 is 24.0 Å². The number of rotatable bonds is 5. The molecule has 3 heterocycles. The second-order valence-corrected chi connectivity index (χ2v) is 9.17. The van der Waals surface area contributed by atoms with Gasteiger partial charge in [0.2, 0.25) is 0 Å². The number of hydrogen-bond acceptors (Lipinski definition) is 3. The van der Waals surface area contributed by atoms with E-state index in [-0.39, 0.29) is 29.4 Å². The molecule has 1 N–H and O–H groups in total. The van der Waals surface area contributed by atoms with Crippen LogP contribution in [0.25, 0.3) is 0 Å². The summed E-state index contributed by atoms with van der Waals surface area (Å²) < 4.78 is 8.00. The van der Waals surface area contributed by atoms with Crippen LogP contribution < -0.4 is 5.32 Å². The van der Waals surface area contributed by atoms with Gasteiger partial charge in [0.15, 0.2) is 5.96 Å². The Labute approximate surface area is 209 Å². The summed E-state index contributed by atoms with van der Waals surface area (Å²) in [4.78, 5) is 12.0. The average molecular weight is 552 g/mol. The number of halogens is 1. The highest BCUT2D eigenvalue weighted by Gasteiger charge is 2.36. The van der Waals surface area contributed by atoms with E-state index in [2.05, 4.69) is 71.0 Å². The first kappa shape index (κ1) is 25.0. The molecule has 0 aliphatic carbocycles. The van der Waals surface area contributed by atoms with Gasteiger partial charge in [-0.3, -0.25) is 4.99 Å². The summed E-state index contributed by atoms with van der Waals surface area (Å²) in [5.41, 5.74) is 2.84. The van der Waals surface area contributed by atoms with E-state index >= 15 is 0 Å². The third-order valence-corrected chi connectivity index (χ3v) is 7.16. The monoisotopic (exact) mass is 551 g/mol. The van der Waals surface area contributed by atoms with Gasteiger partial charge in [-0.25, -0.2) is 4.98 Å². The molecule has 0 spiro atoms. The molecule has 2 atom stereocenters. The number of nitrogens with one attached hydrogen (secondary N) is 1. The van der Waals surface area contributed by atoms with Gasteiger partial charge < -0.3 is 19.5 Å². The molecule has 0 radical (unpaired) electrons. The number of ether oxygens (including phenoxy) is 1. The van der Waals surface area contributed by atoms with Gasteiger partial charge in [-0.2, -0.15) is 0 Å². The molecule has 2 aliphatic heterocycles. The summed E-state index contributed by atoms with van der Waals surface area (Å²) in [5, 5.41) is 3.58. The molecule has 2 fully saturated rings. The predicted molar refractivity (Wildman–Crippen MR) is 141 cm³/mol. The second-order valence-electron chi connectivity index (χ2n) is 9.17. The van der Waals surface area contributed by atoms with Crippen molar-refractivity contribution in [3.63, 3.8) is 0 Å². The van der Waals surface area contributed by atoms with Crippen molar-refractivity contribution < 1.29 is 4.74 Å². The first-order valence-electron chi connectivity index (χ1n) is 11.8. The number of nitrogens with zero attached hydrogens (tertiary/aromatic N) is 4. The Morgan fingerprint density at radius 3 is 2.75 bits per heavy atom. The SMILES string of the molecule is CCNC(=NCC1(c2ccccc2C)CCOCC1)N1CCC(C)C(n2ccnc2)C1.I. The molecular formula is C25H38IN5O. The fraction of sp³-hybridized carbons (Fsp3) is 0.600. The van der Waals surface area contributed by atoms with Crippen molar-refractivity contribution in [3.8, 4) is 0 Å². The van der Waals surface area contributed by atoms with Gasteiger partial charge in [-0.15, -0.1) is 24.0 Å². The molecule has 4 rings (SSSR count). The minimum absolute atomic E-state index is 0. The van der Waals surface area contributed by atoms with Gasteiger partial charge >= 0.3 is 0 Å². The van der Waals surface area contributed by atoms with E-state index in [1.165, 1.54) is 11.1 Å². The fourth-order valence-electron chi connectivity index (χ4n) is 5.19. The second kappa shape index (κ2) is 11.5. The van der Waals surface area contributed by atoms with Crippen LogP contribution in [0.5, 0.6) is 0 Å². The smallest absolute Gasteiger partial charge is 0.194 e. The maximum Gasteiger partial charge on any atom is 0.194 e. The maximum atomic E-state index is 5.74. The van der Waals surface area contributed by atoms with Crippen LogP contribution in [0, 0.1) is 12.8 Å². The predicted octanol–water partition coefficient (Wildman–Crippen LogP) is 4.41. The quantitative estimate of drug-likeness (QED) is 0.340. The number of hydrogen-bond donors (Lipinski definition) is 1. The molecule has 1 aromatic carbocycles. The van der Waals surface area contributed by atoms with Crippen LogP contribution in [0.1, 0.15) is 50.3 Å². The fourth-order valence-corrected chi connectivity index (χ4v) is 5.19. The summed E-state index contributed by atoms with van der Waals surface area (Å²) in [6.45, 7) is 12.0. The van der Waals surface area contributed by atoms with Gasteiger partial charge in [-0.05, 0) is 50.2 Å². The van der Waals surface area contributed by atoms with E-state index in [0.717, 1.165) is 64.6 Å². The van der Waals surface area contributed by atoms with Crippen molar-refractivity contribution in [3.05, 3.63) is 54.1 Å². The summed E-state index contributed by atoms with van der Waals surface area (Å²) in [7, 11) is 0. The van der Waals surface area contributed by atoms with Gasteiger partial charge in [-0.1, -0.05) is 31.2 Å². The number of aliphatic imine (C=N–C) groups is 1. The Morgan fingerprint density at radius 2 is 2.06 bits per heavy atom. The first-order chi connectivity index (χ1) is 15.1. The van der Waals surface area contributed by atoms with E-state index in [0.29, 0.717) is 12.0 Å². The van der Waals surface area contributed by atoms with Crippen molar-refractivity contribution in [1.82, 2.24) is 19.8 Å². The Hall–Kier alpha value is -1.61. The minimum atomic E-state index is 0. The number of benzene rings is 1. The molecule has 2 unspecified atom stereocenters. The Kier molecular flexibility index (Phi) is 8.99. The van der Waals surface area contributed by atoms with Gasteiger partial charge in [0.25, 0.3) is 0 Å². The van der Waals surface area contributed by atoms with Crippen molar-refractivity contribution in [2.24, 2.45) is 10.9 Å². The molecule has 32 heavy (non-hydrogen) atoms. The van der Waals surface area contributed by atoms with Crippen molar-refractivity contribution in [1.29, 1.82) is 0 Å². The van der Waals surface area contributed by atoms with Crippen LogP contribution in [0.3, 0.4) is 0 Å². The molecule has 0 saturated carbocycles. The number of aromatic nitrogens is 2. The largest absolute Gasteiger partial charge is 0.381 e. The van der Waals surface area contributed by atoms with Crippen molar-refractivity contribution in [2.75, 3.05) is 39.4 Å². The summed E-state index contributed by atoms with van der Waals surface area (Å²) >= 11 is 0. The van der Waals surface area contributed by atoms with Crippen molar-refractivity contribution >= 4 is 29.9 Å². The number of guanidine groups is 1. The molecule has 6 nitrogen and oxygen atoms in total. The third kappa shape index (κ3) is 5.47. The van der Waals surface area contributed by atoms with Gasteiger partial charge in [0.05, 0.1) is 18.9 Å². The Morgan fingerprint density at radius 1 is 1.28 bits per heavy atom. The zero-order chi connectivity index (χ0) is 21.7. The van der Waals surface area contributed by atoms with E-state index < -0.39 is 0 Å². The number of likely N-dealkylation sites (tertiary alicyclic amines) is 1. The van der Waals surface area contributed by atoms with Crippen molar-refractivity contribution in [2.45, 2.75) is 51.5 Å². The molecular weight excluding hydrogens is 513 g/mol. The van der Waals surface area contributed by atoms with E-state index in [1.54, 1.807) is 0 Å². The lowest BCUT2D eigenvalue weighted by atomic mass is 9.72. The highest BCUT2D eigenvalue weighted by molar-refractivity contribution is 14.0. The maximum absolute atomic E-state index is 5.74. The molecule has 0 bridgehead atoms. The molecule has 2 aliphatic rings. The Bertz CT molecular complexity index is 863. The average Bonchev–Trinajstić information content (AvgIpc) is 3.33. The lowest BCUT2D eigenvalue weighted by Gasteiger charge is -2.41. The molecule has 2 saturated heterocycles. The standard InChI is InChI=1S/C25H37N5O.HI/c1-4-27-24(29-13-9-21(3)23(17-29)30-14-12-26-19-30)28-18-25(10-15-31-16-11-25)22-8-6-5-7-20(22)2;/h5-8,12,14,19,21,23H,4,9-11,13,15-18H2,1-3H3,(H,27,28);1H. The normalized spacial score (nSPS) is 23.5. The van der Waals surface area contributed by atoms with E-state index in [1.807, 2.05) is 12.5 Å². The van der Waals surface area contributed by atoms with Crippen LogP contribution in [0.4, 0.5) is 0 Å². The molecule has 1 aromatic heterocycles. The summed E-state index contributed by atoms with van der Waals surface area (Å²) in [6, 6.07) is 9.23.